The summed E-state index contributed by atoms with van der Waals surface area (Å²) in [5.41, 5.74) is 3.55. The molecule has 5 nitrogen and oxygen atoms in total. The Morgan fingerprint density at radius 1 is 1.30 bits per heavy atom. The molecule has 4 rings (SSSR count). The molecule has 2 unspecified atom stereocenters. The molecule has 0 aliphatic carbocycles. The molecule has 2 aromatic heterocycles. The van der Waals surface area contributed by atoms with Gasteiger partial charge in [-0.1, -0.05) is 0 Å². The van der Waals surface area contributed by atoms with E-state index < -0.39 is 0 Å². The Balaban J connectivity index is 1.68. The van der Waals surface area contributed by atoms with Gasteiger partial charge in [0.15, 0.2) is 0 Å². The Morgan fingerprint density at radius 2 is 2.13 bits per heavy atom. The Kier molecular flexibility index (Phi) is 4.09. The van der Waals surface area contributed by atoms with Crippen molar-refractivity contribution in [3.05, 3.63) is 29.6 Å². The van der Waals surface area contributed by atoms with Crippen LogP contribution in [0.15, 0.2) is 18.3 Å². The van der Waals surface area contributed by atoms with Gasteiger partial charge in [0.1, 0.15) is 5.65 Å². The van der Waals surface area contributed by atoms with Crippen molar-refractivity contribution in [2.75, 3.05) is 19.7 Å². The standard InChI is InChI=1S/C18H25N3O2/c1-12-9-21(10-13(2)23-12)11-15-14-5-3-7-19-18(14)20-17(15)16-6-4-8-22-16/h3,5,7,12-13,16H,4,6,8-11H2,1-2H3,(H,19,20)/t12?,13?,16-/m0/s1. The Bertz CT molecular complexity index is 668. The summed E-state index contributed by atoms with van der Waals surface area (Å²) in [4.78, 5) is 10.5. The smallest absolute Gasteiger partial charge is 0.137 e. The van der Waals surface area contributed by atoms with Crippen LogP contribution in [0, 0.1) is 0 Å². The molecule has 2 aromatic rings. The van der Waals surface area contributed by atoms with Crippen molar-refractivity contribution in [1.29, 1.82) is 0 Å². The van der Waals surface area contributed by atoms with E-state index in [0.29, 0.717) is 0 Å². The van der Waals surface area contributed by atoms with Gasteiger partial charge in [0.2, 0.25) is 0 Å². The van der Waals surface area contributed by atoms with Gasteiger partial charge < -0.3 is 14.5 Å². The van der Waals surface area contributed by atoms with Crippen molar-refractivity contribution in [2.45, 2.75) is 51.5 Å². The van der Waals surface area contributed by atoms with Crippen LogP contribution in [0.1, 0.15) is 44.1 Å². The van der Waals surface area contributed by atoms with Gasteiger partial charge in [0.05, 0.1) is 24.0 Å². The zero-order valence-electron chi connectivity index (χ0n) is 13.9. The Labute approximate surface area is 137 Å². The summed E-state index contributed by atoms with van der Waals surface area (Å²) in [5.74, 6) is 0. The maximum absolute atomic E-state index is 5.94. The molecule has 0 spiro atoms. The molecule has 4 heterocycles. The second-order valence-electron chi connectivity index (χ2n) is 6.87. The Hall–Kier alpha value is -1.43. The molecule has 5 heteroatoms. The van der Waals surface area contributed by atoms with Crippen molar-refractivity contribution in [1.82, 2.24) is 14.9 Å². The van der Waals surface area contributed by atoms with Gasteiger partial charge >= 0.3 is 0 Å². The zero-order chi connectivity index (χ0) is 15.8. The van der Waals surface area contributed by atoms with Gasteiger partial charge in [-0.2, -0.15) is 0 Å². The summed E-state index contributed by atoms with van der Waals surface area (Å²) in [6.45, 7) is 8.04. The van der Waals surface area contributed by atoms with E-state index in [1.807, 2.05) is 12.3 Å². The van der Waals surface area contributed by atoms with Gasteiger partial charge in [0.25, 0.3) is 0 Å². The average Bonchev–Trinajstić information content (AvgIpc) is 3.14. The number of nitrogens with zero attached hydrogens (tertiary/aromatic N) is 2. The monoisotopic (exact) mass is 315 g/mol. The number of aromatic amines is 1. The Morgan fingerprint density at radius 3 is 2.87 bits per heavy atom. The number of aromatic nitrogens is 2. The van der Waals surface area contributed by atoms with Gasteiger partial charge in [0, 0.05) is 37.8 Å². The summed E-state index contributed by atoms with van der Waals surface area (Å²) >= 11 is 0. The molecule has 0 amide bonds. The summed E-state index contributed by atoms with van der Waals surface area (Å²) in [6, 6.07) is 4.18. The quantitative estimate of drug-likeness (QED) is 0.946. The highest BCUT2D eigenvalue weighted by atomic mass is 16.5. The molecule has 2 fully saturated rings. The van der Waals surface area contributed by atoms with Crippen LogP contribution in [0.3, 0.4) is 0 Å². The van der Waals surface area contributed by atoms with E-state index in [1.54, 1.807) is 0 Å². The average molecular weight is 315 g/mol. The van der Waals surface area contributed by atoms with Crippen LogP contribution in [0.2, 0.25) is 0 Å². The highest BCUT2D eigenvalue weighted by Gasteiger charge is 2.28. The first-order valence-electron chi connectivity index (χ1n) is 8.65. The van der Waals surface area contributed by atoms with E-state index in [4.69, 9.17) is 9.47 Å². The lowest BCUT2D eigenvalue weighted by Gasteiger charge is -2.35. The van der Waals surface area contributed by atoms with Crippen molar-refractivity contribution in [2.24, 2.45) is 0 Å². The number of fused-ring (bicyclic) bond motifs is 1. The summed E-state index contributed by atoms with van der Waals surface area (Å²) in [7, 11) is 0. The van der Waals surface area contributed by atoms with Crippen LogP contribution in [0.25, 0.3) is 11.0 Å². The van der Waals surface area contributed by atoms with Gasteiger partial charge in [-0.3, -0.25) is 4.90 Å². The molecule has 2 aliphatic rings. The number of ether oxygens (including phenoxy) is 2. The highest BCUT2D eigenvalue weighted by molar-refractivity contribution is 5.81. The van der Waals surface area contributed by atoms with Crippen molar-refractivity contribution in [3.63, 3.8) is 0 Å². The lowest BCUT2D eigenvalue weighted by atomic mass is 10.1. The van der Waals surface area contributed by atoms with E-state index in [0.717, 1.165) is 44.7 Å². The normalized spacial score (nSPS) is 29.4. The minimum Gasteiger partial charge on any atom is -0.373 e. The predicted molar refractivity (Wildman–Crippen MR) is 89.3 cm³/mol. The fourth-order valence-corrected chi connectivity index (χ4v) is 3.98. The van der Waals surface area contributed by atoms with Gasteiger partial charge in [-0.15, -0.1) is 0 Å². The van der Waals surface area contributed by atoms with E-state index in [-0.39, 0.29) is 18.3 Å². The number of morpholine rings is 1. The third-order valence-electron chi connectivity index (χ3n) is 4.84. The predicted octanol–water partition coefficient (Wildman–Crippen LogP) is 3.02. The largest absolute Gasteiger partial charge is 0.373 e. The molecule has 0 saturated carbocycles. The van der Waals surface area contributed by atoms with E-state index in [1.165, 1.54) is 16.6 Å². The van der Waals surface area contributed by atoms with Crippen molar-refractivity contribution >= 4 is 11.0 Å². The number of pyridine rings is 1. The molecular formula is C18H25N3O2. The molecule has 3 atom stereocenters. The zero-order valence-corrected chi connectivity index (χ0v) is 13.9. The van der Waals surface area contributed by atoms with Crippen LogP contribution in [0.5, 0.6) is 0 Å². The van der Waals surface area contributed by atoms with E-state index in [9.17, 15) is 0 Å². The molecule has 1 N–H and O–H groups in total. The number of nitrogens with one attached hydrogen (secondary N) is 1. The second kappa shape index (κ2) is 6.23. The number of rotatable bonds is 3. The fraction of sp³-hybridized carbons (Fsp3) is 0.611. The van der Waals surface area contributed by atoms with Crippen LogP contribution in [-0.4, -0.2) is 46.8 Å². The molecule has 2 saturated heterocycles. The lowest BCUT2D eigenvalue weighted by molar-refractivity contribution is -0.0705. The maximum Gasteiger partial charge on any atom is 0.137 e. The summed E-state index contributed by atoms with van der Waals surface area (Å²) in [6.07, 6.45) is 4.84. The first-order valence-corrected chi connectivity index (χ1v) is 8.65. The van der Waals surface area contributed by atoms with Crippen LogP contribution in [-0.2, 0) is 16.0 Å². The first-order chi connectivity index (χ1) is 11.2. The van der Waals surface area contributed by atoms with Crippen molar-refractivity contribution < 1.29 is 9.47 Å². The lowest BCUT2D eigenvalue weighted by Crippen LogP contribution is -2.44. The minimum absolute atomic E-state index is 0.190. The van der Waals surface area contributed by atoms with Crippen LogP contribution < -0.4 is 0 Å². The van der Waals surface area contributed by atoms with Gasteiger partial charge in [-0.05, 0) is 44.4 Å². The molecule has 0 bridgehead atoms. The van der Waals surface area contributed by atoms with Crippen LogP contribution in [0.4, 0.5) is 0 Å². The fourth-order valence-electron chi connectivity index (χ4n) is 3.98. The molecule has 23 heavy (non-hydrogen) atoms. The highest BCUT2D eigenvalue weighted by Crippen LogP contribution is 2.34. The molecule has 2 aliphatic heterocycles. The first kappa shape index (κ1) is 15.1. The molecule has 0 radical (unpaired) electrons. The molecule has 0 aromatic carbocycles. The number of hydrogen-bond donors (Lipinski definition) is 1. The molecular weight excluding hydrogens is 290 g/mol. The SMILES string of the molecule is CC1CN(Cc2c([C@@H]3CCCO3)[nH]c3ncccc23)CC(C)O1. The van der Waals surface area contributed by atoms with E-state index >= 15 is 0 Å². The molecule has 124 valence electrons. The maximum atomic E-state index is 5.94. The number of hydrogen-bond acceptors (Lipinski definition) is 4. The minimum atomic E-state index is 0.190. The second-order valence-corrected chi connectivity index (χ2v) is 6.87. The summed E-state index contributed by atoms with van der Waals surface area (Å²) < 4.78 is 11.8. The van der Waals surface area contributed by atoms with E-state index in [2.05, 4.69) is 34.8 Å². The third-order valence-corrected chi connectivity index (χ3v) is 4.84. The third kappa shape index (κ3) is 3.01. The number of H-pyrrole nitrogens is 1. The van der Waals surface area contributed by atoms with Crippen LogP contribution >= 0.6 is 0 Å². The van der Waals surface area contributed by atoms with Gasteiger partial charge in [-0.25, -0.2) is 4.98 Å². The van der Waals surface area contributed by atoms with Crippen molar-refractivity contribution in [3.8, 4) is 0 Å². The summed E-state index contributed by atoms with van der Waals surface area (Å²) in [5, 5.41) is 1.23. The topological polar surface area (TPSA) is 50.4 Å².